The highest BCUT2D eigenvalue weighted by molar-refractivity contribution is 6.12. The van der Waals surface area contributed by atoms with Gasteiger partial charge in [-0.25, -0.2) is 0 Å². The second kappa shape index (κ2) is 10.7. The van der Waals surface area contributed by atoms with E-state index in [0.717, 1.165) is 0 Å². The quantitative estimate of drug-likeness (QED) is 0.315. The molecule has 7 nitrogen and oxygen atoms in total. The molecule has 3 aromatic carbocycles. The average molecular weight is 500 g/mol. The van der Waals surface area contributed by atoms with Gasteiger partial charge in [-0.1, -0.05) is 32.9 Å². The molecule has 0 bridgehead atoms. The van der Waals surface area contributed by atoms with E-state index < -0.39 is 17.4 Å². The van der Waals surface area contributed by atoms with Crippen LogP contribution in [0.25, 0.3) is 0 Å². The van der Waals surface area contributed by atoms with Crippen LogP contribution in [-0.2, 0) is 10.2 Å². The predicted molar refractivity (Wildman–Crippen MR) is 143 cm³/mol. The number of hydrogen-bond acceptors (Lipinski definition) is 5. The summed E-state index contributed by atoms with van der Waals surface area (Å²) >= 11 is 0. The van der Waals surface area contributed by atoms with Gasteiger partial charge in [0.25, 0.3) is 5.91 Å². The standard InChI is InChI=1S/C30H30N2O5/c1-29(2,3)21-7-11-23(12-8-21)37-24-13-9-22(10-14-24)31-27(35)25-16-26(28(36)32-30(4,5)6)20(18-34)15-19(25)17-33/h7-16,18H,1-6H3,(H-,31,32,35,36)/p+1. The number of hydrogen-bond donors (Lipinski definition) is 2. The second-order valence-electron chi connectivity index (χ2n) is 10.8. The highest BCUT2D eigenvalue weighted by Crippen LogP contribution is 2.28. The summed E-state index contributed by atoms with van der Waals surface area (Å²) in [7, 11) is 0. The third-order valence-electron chi connectivity index (χ3n) is 5.47. The summed E-state index contributed by atoms with van der Waals surface area (Å²) in [4.78, 5) is 48.8. The Morgan fingerprint density at radius 3 is 1.86 bits per heavy atom. The molecule has 0 saturated heterocycles. The van der Waals surface area contributed by atoms with Gasteiger partial charge in [0.05, 0.1) is 17.2 Å². The fourth-order valence-corrected chi connectivity index (χ4v) is 3.55. The zero-order valence-corrected chi connectivity index (χ0v) is 21.9. The molecule has 0 aliphatic rings. The lowest BCUT2D eigenvalue weighted by molar-refractivity contribution is 0.0914. The summed E-state index contributed by atoms with van der Waals surface area (Å²) in [5, 5.41) is 5.46. The number of rotatable bonds is 7. The van der Waals surface area contributed by atoms with E-state index in [4.69, 9.17) is 4.74 Å². The number of nitrogens with one attached hydrogen (secondary N) is 2. The number of carbonyl (C=O) groups is 3. The third-order valence-corrected chi connectivity index (χ3v) is 5.47. The number of aldehydes is 1. The Hall–Kier alpha value is -4.35. The highest BCUT2D eigenvalue weighted by Gasteiger charge is 2.28. The van der Waals surface area contributed by atoms with Crippen LogP contribution in [0.2, 0.25) is 0 Å². The molecule has 0 aliphatic carbocycles. The van der Waals surface area contributed by atoms with Gasteiger partial charge in [0.1, 0.15) is 11.5 Å². The van der Waals surface area contributed by atoms with Crippen LogP contribution < -0.4 is 15.4 Å². The van der Waals surface area contributed by atoms with Crippen molar-refractivity contribution in [2.75, 3.05) is 5.32 Å². The molecule has 0 radical (unpaired) electrons. The molecule has 7 heteroatoms. The van der Waals surface area contributed by atoms with Crippen LogP contribution in [0.3, 0.4) is 0 Å². The molecule has 0 atom stereocenters. The summed E-state index contributed by atoms with van der Waals surface area (Å²) in [6, 6.07) is 17.0. The fraction of sp³-hybridized carbons (Fsp3) is 0.267. The minimum atomic E-state index is -0.618. The maximum atomic E-state index is 13.0. The molecule has 0 aromatic heterocycles. The number of ether oxygens (including phenoxy) is 1. The van der Waals surface area contributed by atoms with Gasteiger partial charge in [-0.05, 0) is 68.1 Å². The zero-order chi connectivity index (χ0) is 27.4. The Balaban J connectivity index is 1.78. The van der Waals surface area contributed by atoms with Crippen molar-refractivity contribution >= 4 is 30.1 Å². The normalized spacial score (nSPS) is 11.3. The van der Waals surface area contributed by atoms with Gasteiger partial charge in [0.15, 0.2) is 11.8 Å². The molecule has 0 fully saturated rings. The predicted octanol–water partition coefficient (Wildman–Crippen LogP) is 5.83. The van der Waals surface area contributed by atoms with E-state index in [0.29, 0.717) is 23.5 Å². The minimum absolute atomic E-state index is 0.00435. The van der Waals surface area contributed by atoms with Crippen molar-refractivity contribution in [3.05, 3.63) is 88.5 Å². The highest BCUT2D eigenvalue weighted by atomic mass is 16.5. The maximum absolute atomic E-state index is 13.0. The first kappa shape index (κ1) is 27.2. The topological polar surface area (TPSA) is 102 Å². The molecule has 0 heterocycles. The Labute approximate surface area is 217 Å². The number of benzene rings is 3. The van der Waals surface area contributed by atoms with Gasteiger partial charge in [0.2, 0.25) is 5.56 Å². The van der Waals surface area contributed by atoms with Crippen LogP contribution in [0.1, 0.15) is 83.7 Å². The first-order valence-corrected chi connectivity index (χ1v) is 11.8. The van der Waals surface area contributed by atoms with Gasteiger partial charge in [-0.2, -0.15) is 0 Å². The lowest BCUT2D eigenvalue weighted by atomic mass is 9.87. The van der Waals surface area contributed by atoms with Gasteiger partial charge >= 0.3 is 12.2 Å². The lowest BCUT2D eigenvalue weighted by Gasteiger charge is -2.20. The fourth-order valence-electron chi connectivity index (χ4n) is 3.55. The van der Waals surface area contributed by atoms with Gasteiger partial charge < -0.3 is 15.4 Å². The minimum Gasteiger partial charge on any atom is -0.457 e. The van der Waals surface area contributed by atoms with Crippen molar-refractivity contribution in [1.82, 2.24) is 5.32 Å². The molecule has 0 aliphatic heterocycles. The van der Waals surface area contributed by atoms with Crippen molar-refractivity contribution in [2.45, 2.75) is 52.5 Å². The summed E-state index contributed by atoms with van der Waals surface area (Å²) < 4.78 is 5.89. The molecule has 2 N–H and O–H groups in total. The number of anilines is 1. The molecular formula is C30H31N2O5+. The molecule has 3 rings (SSSR count). The van der Waals surface area contributed by atoms with E-state index in [1.165, 1.54) is 17.7 Å². The Bertz CT molecular complexity index is 1310. The van der Waals surface area contributed by atoms with Crippen molar-refractivity contribution < 1.29 is 23.9 Å². The smallest absolute Gasteiger partial charge is 0.313 e. The monoisotopic (exact) mass is 499 g/mol. The first-order chi connectivity index (χ1) is 17.3. The molecule has 0 spiro atoms. The van der Waals surface area contributed by atoms with Crippen LogP contribution in [0.15, 0.2) is 60.7 Å². The van der Waals surface area contributed by atoms with Crippen molar-refractivity contribution in [3.8, 4) is 11.5 Å². The Morgan fingerprint density at radius 1 is 0.811 bits per heavy atom. The summed E-state index contributed by atoms with van der Waals surface area (Å²) in [5.74, 6) is 0.123. The molecule has 2 amide bonds. The third kappa shape index (κ3) is 7.09. The largest absolute Gasteiger partial charge is 0.457 e. The van der Waals surface area contributed by atoms with E-state index >= 15 is 0 Å². The molecule has 3 aromatic rings. The maximum Gasteiger partial charge on any atom is 0.313 e. The van der Waals surface area contributed by atoms with Crippen LogP contribution in [-0.4, -0.2) is 29.9 Å². The van der Waals surface area contributed by atoms with E-state index in [2.05, 4.69) is 31.4 Å². The van der Waals surface area contributed by atoms with Crippen LogP contribution >= 0.6 is 0 Å². The van der Waals surface area contributed by atoms with Crippen molar-refractivity contribution in [1.29, 1.82) is 0 Å². The summed E-state index contributed by atoms with van der Waals surface area (Å²) in [5.41, 5.74) is 0.939. The van der Waals surface area contributed by atoms with Crippen molar-refractivity contribution in [3.63, 3.8) is 0 Å². The summed E-state index contributed by atoms with van der Waals surface area (Å²) in [6.07, 6.45) is 2.15. The SMILES string of the molecule is CC(C)(C)NC(=O)c1cc(C(=O)Nc2ccc(Oc3ccc(C(C)(C)C)cc3)cc2)c([C+]=O)cc1C=O. The van der Waals surface area contributed by atoms with E-state index in [9.17, 15) is 19.2 Å². The molecule has 0 unspecified atom stereocenters. The molecule has 37 heavy (non-hydrogen) atoms. The van der Waals surface area contributed by atoms with Crippen LogP contribution in [0.5, 0.6) is 11.5 Å². The van der Waals surface area contributed by atoms with E-state index in [-0.39, 0.29) is 27.7 Å². The van der Waals surface area contributed by atoms with Crippen LogP contribution in [0.4, 0.5) is 5.69 Å². The van der Waals surface area contributed by atoms with Gasteiger partial charge in [0, 0.05) is 17.3 Å². The molecular weight excluding hydrogens is 468 g/mol. The Morgan fingerprint density at radius 2 is 1.38 bits per heavy atom. The Kier molecular flexibility index (Phi) is 7.90. The van der Waals surface area contributed by atoms with Gasteiger partial charge in [-0.15, -0.1) is 4.79 Å². The molecule has 190 valence electrons. The summed E-state index contributed by atoms with van der Waals surface area (Å²) in [6.45, 7) is 11.8. The second-order valence-corrected chi connectivity index (χ2v) is 10.8. The molecule has 0 saturated carbocycles. The van der Waals surface area contributed by atoms with Gasteiger partial charge in [-0.3, -0.25) is 14.4 Å². The van der Waals surface area contributed by atoms with Crippen LogP contribution in [0, 0.1) is 0 Å². The van der Waals surface area contributed by atoms with E-state index in [1.807, 2.05) is 24.3 Å². The number of amides is 2. The number of carbonyl (C=O) groups excluding carboxylic acids is 4. The van der Waals surface area contributed by atoms with Crippen molar-refractivity contribution in [2.24, 2.45) is 0 Å². The first-order valence-electron chi connectivity index (χ1n) is 11.8. The van der Waals surface area contributed by atoms with E-state index in [1.54, 1.807) is 51.3 Å². The lowest BCUT2D eigenvalue weighted by Crippen LogP contribution is -2.41. The average Bonchev–Trinajstić information content (AvgIpc) is 2.83. The zero-order valence-electron chi connectivity index (χ0n) is 21.9.